The van der Waals surface area contributed by atoms with Crippen molar-refractivity contribution in [1.29, 1.82) is 0 Å². The van der Waals surface area contributed by atoms with E-state index in [9.17, 15) is 4.79 Å². The summed E-state index contributed by atoms with van der Waals surface area (Å²) in [5.41, 5.74) is 5.37. The number of carbonyl (C=O) groups is 1. The van der Waals surface area contributed by atoms with Crippen molar-refractivity contribution in [2.75, 3.05) is 13.2 Å². The molecule has 1 rings (SSSR count). The molecule has 9 heavy (non-hydrogen) atoms. The number of nitrogens with two attached hydrogens (primary N) is 1. The van der Waals surface area contributed by atoms with Crippen molar-refractivity contribution in [3.05, 3.63) is 0 Å². The molecule has 0 spiro atoms. The van der Waals surface area contributed by atoms with Gasteiger partial charge in [-0.15, -0.1) is 0 Å². The third-order valence-electron chi connectivity index (χ3n) is 1.44. The minimum absolute atomic E-state index is 0.260. The Hall–Kier alpha value is -0.610. The second kappa shape index (κ2) is 2.33. The maximum absolute atomic E-state index is 10.3. The van der Waals surface area contributed by atoms with E-state index in [1.807, 2.05) is 0 Å². The zero-order valence-corrected chi connectivity index (χ0v) is 4.91. The van der Waals surface area contributed by atoms with Crippen molar-refractivity contribution in [3.63, 3.8) is 0 Å². The van der Waals surface area contributed by atoms with Crippen LogP contribution in [0.1, 0.15) is 0 Å². The van der Waals surface area contributed by atoms with Crippen molar-refractivity contribution in [2.24, 2.45) is 11.7 Å². The lowest BCUT2D eigenvalue weighted by Crippen LogP contribution is -2.33. The first-order chi connectivity index (χ1) is 4.22. The Morgan fingerprint density at radius 2 is 2.33 bits per heavy atom. The molecule has 0 radical (unpaired) electrons. The van der Waals surface area contributed by atoms with Gasteiger partial charge in [-0.1, -0.05) is 0 Å². The van der Waals surface area contributed by atoms with Crippen LogP contribution in [0.3, 0.4) is 0 Å². The minimum Gasteiger partial charge on any atom is -0.481 e. The summed E-state index contributed by atoms with van der Waals surface area (Å²) in [5, 5.41) is 8.42. The third kappa shape index (κ3) is 1.20. The second-order valence-corrected chi connectivity index (χ2v) is 2.15. The highest BCUT2D eigenvalue weighted by Crippen LogP contribution is 2.10. The van der Waals surface area contributed by atoms with Gasteiger partial charge in [0.15, 0.2) is 0 Å². The van der Waals surface area contributed by atoms with Gasteiger partial charge in [-0.25, -0.2) is 0 Å². The van der Waals surface area contributed by atoms with Gasteiger partial charge in [0.1, 0.15) is 0 Å². The van der Waals surface area contributed by atoms with E-state index in [1.54, 1.807) is 0 Å². The molecule has 3 N–H and O–H groups in total. The molecule has 1 unspecified atom stereocenters. The molecule has 4 nitrogen and oxygen atoms in total. The Kier molecular flexibility index (Phi) is 1.68. The molecule has 0 saturated carbocycles. The largest absolute Gasteiger partial charge is 0.481 e. The normalized spacial score (nSPS) is 34.8. The van der Waals surface area contributed by atoms with Gasteiger partial charge in [0.05, 0.1) is 19.1 Å². The first-order valence-electron chi connectivity index (χ1n) is 2.78. The number of rotatable bonds is 1. The lowest BCUT2D eigenvalue weighted by atomic mass is 10.1. The van der Waals surface area contributed by atoms with E-state index >= 15 is 0 Å². The van der Waals surface area contributed by atoms with Crippen LogP contribution in [0.5, 0.6) is 0 Å². The molecular formula is C5H9NO3. The standard InChI is InChI=1S/C5H9NO3/c6-4-2-9-1-3(4)5(7)8/h3-4H,1-2,6H2,(H,7,8)/t3-,4?/m0/s1. The Morgan fingerprint density at radius 3 is 2.56 bits per heavy atom. The lowest BCUT2D eigenvalue weighted by molar-refractivity contribution is -0.141. The highest BCUT2D eigenvalue weighted by molar-refractivity contribution is 5.71. The quantitative estimate of drug-likeness (QED) is 0.481. The molecule has 0 aromatic heterocycles. The summed E-state index contributed by atoms with van der Waals surface area (Å²) in [4.78, 5) is 10.3. The number of carboxylic acid groups (broad SMARTS) is 1. The summed E-state index contributed by atoms with van der Waals surface area (Å²) in [6.07, 6.45) is 0. The number of ether oxygens (including phenoxy) is 1. The van der Waals surface area contributed by atoms with E-state index in [2.05, 4.69) is 0 Å². The SMILES string of the molecule is NC1COC[C@@H]1C(=O)O. The molecule has 0 aromatic rings. The van der Waals surface area contributed by atoms with Gasteiger partial charge < -0.3 is 15.6 Å². The van der Waals surface area contributed by atoms with Crippen LogP contribution in [0.25, 0.3) is 0 Å². The van der Waals surface area contributed by atoms with Crippen LogP contribution < -0.4 is 5.73 Å². The first kappa shape index (κ1) is 6.51. The van der Waals surface area contributed by atoms with E-state index in [4.69, 9.17) is 15.6 Å². The summed E-state index contributed by atoms with van der Waals surface area (Å²) in [7, 11) is 0. The fourth-order valence-corrected chi connectivity index (χ4v) is 0.825. The molecule has 0 aliphatic carbocycles. The Morgan fingerprint density at radius 1 is 1.67 bits per heavy atom. The highest BCUT2D eigenvalue weighted by atomic mass is 16.5. The first-order valence-corrected chi connectivity index (χ1v) is 2.78. The second-order valence-electron chi connectivity index (χ2n) is 2.15. The summed E-state index contributed by atoms with van der Waals surface area (Å²) < 4.78 is 4.82. The van der Waals surface area contributed by atoms with Crippen molar-refractivity contribution >= 4 is 5.97 Å². The average Bonchev–Trinajstić information content (AvgIpc) is 2.13. The fourth-order valence-electron chi connectivity index (χ4n) is 0.825. The number of hydrogen-bond donors (Lipinski definition) is 2. The Bertz CT molecular complexity index is 125. The number of hydrogen-bond acceptors (Lipinski definition) is 3. The average molecular weight is 131 g/mol. The summed E-state index contributed by atoms with van der Waals surface area (Å²) in [6, 6.07) is -0.317. The van der Waals surface area contributed by atoms with Gasteiger partial charge in [-0.2, -0.15) is 0 Å². The number of carboxylic acids is 1. The van der Waals surface area contributed by atoms with Gasteiger partial charge in [-0.05, 0) is 0 Å². The smallest absolute Gasteiger partial charge is 0.310 e. The molecule has 1 aliphatic heterocycles. The van der Waals surface area contributed by atoms with Crippen LogP contribution in [-0.2, 0) is 9.53 Å². The van der Waals surface area contributed by atoms with Crippen LogP contribution in [0, 0.1) is 5.92 Å². The molecule has 4 heteroatoms. The van der Waals surface area contributed by atoms with Crippen molar-refractivity contribution in [3.8, 4) is 0 Å². The predicted octanol–water partition coefficient (Wildman–Crippen LogP) is -0.955. The summed E-state index contributed by atoms with van der Waals surface area (Å²) in [6.45, 7) is 0.632. The summed E-state index contributed by atoms with van der Waals surface area (Å²) >= 11 is 0. The van der Waals surface area contributed by atoms with Gasteiger partial charge in [-0.3, -0.25) is 4.79 Å². The zero-order valence-electron chi connectivity index (χ0n) is 4.91. The van der Waals surface area contributed by atoms with E-state index in [0.717, 1.165) is 0 Å². The number of aliphatic carboxylic acids is 1. The fraction of sp³-hybridized carbons (Fsp3) is 0.800. The molecule has 1 heterocycles. The maximum atomic E-state index is 10.3. The molecular weight excluding hydrogens is 122 g/mol. The van der Waals surface area contributed by atoms with Crippen molar-refractivity contribution in [2.45, 2.75) is 6.04 Å². The van der Waals surface area contributed by atoms with E-state index < -0.39 is 11.9 Å². The van der Waals surface area contributed by atoms with Crippen LogP contribution in [-0.4, -0.2) is 30.3 Å². The molecule has 1 fully saturated rings. The van der Waals surface area contributed by atoms with E-state index in [1.165, 1.54) is 0 Å². The lowest BCUT2D eigenvalue weighted by Gasteiger charge is -2.04. The van der Waals surface area contributed by atoms with Crippen molar-refractivity contribution in [1.82, 2.24) is 0 Å². The molecule has 1 aliphatic rings. The highest BCUT2D eigenvalue weighted by Gasteiger charge is 2.30. The summed E-state index contributed by atoms with van der Waals surface area (Å²) in [5.74, 6) is -1.36. The van der Waals surface area contributed by atoms with Crippen LogP contribution in [0.15, 0.2) is 0 Å². The monoisotopic (exact) mass is 131 g/mol. The minimum atomic E-state index is -0.861. The van der Waals surface area contributed by atoms with Crippen LogP contribution in [0.4, 0.5) is 0 Å². The van der Waals surface area contributed by atoms with Gasteiger partial charge in [0.2, 0.25) is 0 Å². The van der Waals surface area contributed by atoms with Crippen LogP contribution in [0.2, 0.25) is 0 Å². The van der Waals surface area contributed by atoms with Gasteiger partial charge in [0, 0.05) is 6.04 Å². The predicted molar refractivity (Wildman–Crippen MR) is 29.9 cm³/mol. The topological polar surface area (TPSA) is 72.5 Å². The van der Waals surface area contributed by atoms with Gasteiger partial charge in [0.25, 0.3) is 0 Å². The maximum Gasteiger partial charge on any atom is 0.310 e. The van der Waals surface area contributed by atoms with E-state index in [0.29, 0.717) is 6.61 Å². The molecule has 52 valence electrons. The molecule has 0 amide bonds. The van der Waals surface area contributed by atoms with Gasteiger partial charge >= 0.3 is 5.97 Å². The molecule has 0 bridgehead atoms. The van der Waals surface area contributed by atoms with Crippen molar-refractivity contribution < 1.29 is 14.6 Å². The molecule has 0 aromatic carbocycles. The van der Waals surface area contributed by atoms with Crippen LogP contribution >= 0.6 is 0 Å². The zero-order chi connectivity index (χ0) is 6.85. The van der Waals surface area contributed by atoms with E-state index in [-0.39, 0.29) is 12.6 Å². The Balaban J connectivity index is 2.49. The molecule has 1 saturated heterocycles. The third-order valence-corrected chi connectivity index (χ3v) is 1.44. The molecule has 2 atom stereocenters. The Labute approximate surface area is 52.6 Å².